The lowest BCUT2D eigenvalue weighted by molar-refractivity contribution is -0.137. The molecule has 0 aliphatic carbocycles. The molecule has 2 aromatic heterocycles. The normalized spacial score (nSPS) is 14.2. The number of nitrogens with one attached hydrogen (secondary N) is 2. The van der Waals surface area contributed by atoms with Gasteiger partial charge in [0.15, 0.2) is 0 Å². The van der Waals surface area contributed by atoms with E-state index in [2.05, 4.69) is 20.3 Å². The second-order valence-corrected chi connectivity index (χ2v) is 7.80. The van der Waals surface area contributed by atoms with Gasteiger partial charge in [-0.15, -0.1) is 0 Å². The number of carbonyl (C=O) groups excluding carboxylic acids is 1. The molecule has 1 fully saturated rings. The summed E-state index contributed by atoms with van der Waals surface area (Å²) in [5.74, 6) is -0.204. The number of carbonyl (C=O) groups is 1. The fraction of sp³-hybridized carbons (Fsp3) is 0.304. The molecule has 2 N–H and O–H groups in total. The molecule has 178 valence electrons. The highest BCUT2D eigenvalue weighted by molar-refractivity contribution is 5.93. The number of pyridine rings is 1. The van der Waals surface area contributed by atoms with Gasteiger partial charge < -0.3 is 15.1 Å². The zero-order valence-corrected chi connectivity index (χ0v) is 18.2. The van der Waals surface area contributed by atoms with Crippen molar-refractivity contribution < 1.29 is 18.0 Å². The van der Waals surface area contributed by atoms with Crippen molar-refractivity contribution in [1.82, 2.24) is 20.3 Å². The van der Waals surface area contributed by atoms with E-state index >= 15 is 0 Å². The average molecular weight is 472 g/mol. The molecule has 0 atom stereocenters. The number of halogens is 3. The van der Waals surface area contributed by atoms with Crippen molar-refractivity contribution in [3.05, 3.63) is 82.0 Å². The van der Waals surface area contributed by atoms with Crippen LogP contribution in [0.2, 0.25) is 0 Å². The Labute approximate surface area is 193 Å². The van der Waals surface area contributed by atoms with E-state index in [9.17, 15) is 22.8 Å². The molecule has 8 nitrogen and oxygen atoms in total. The molecule has 1 aliphatic heterocycles. The first-order valence-electron chi connectivity index (χ1n) is 10.8. The summed E-state index contributed by atoms with van der Waals surface area (Å²) in [4.78, 5) is 39.5. The molecule has 0 unspecified atom stereocenters. The Morgan fingerprint density at radius 2 is 1.79 bits per heavy atom. The van der Waals surface area contributed by atoms with Crippen LogP contribution >= 0.6 is 0 Å². The molecule has 1 aromatic carbocycles. The Morgan fingerprint density at radius 1 is 1.03 bits per heavy atom. The number of hydrogen-bond donors (Lipinski definition) is 2. The molecule has 0 spiro atoms. The van der Waals surface area contributed by atoms with E-state index in [1.807, 2.05) is 21.9 Å². The molecule has 1 saturated heterocycles. The first-order chi connectivity index (χ1) is 16.3. The summed E-state index contributed by atoms with van der Waals surface area (Å²) in [5.41, 5.74) is -0.0107. The van der Waals surface area contributed by atoms with Crippen LogP contribution in [0.4, 0.5) is 24.8 Å². The number of nitrogens with zero attached hydrogens (tertiary/aromatic N) is 4. The van der Waals surface area contributed by atoms with Crippen LogP contribution in [0.25, 0.3) is 0 Å². The van der Waals surface area contributed by atoms with Crippen LogP contribution in [0.15, 0.2) is 59.7 Å². The van der Waals surface area contributed by atoms with Gasteiger partial charge in [0.2, 0.25) is 5.95 Å². The minimum Gasteiger partial charge on any atom is -0.368 e. The topological polar surface area (TPSA) is 94.2 Å². The third-order valence-electron chi connectivity index (χ3n) is 5.54. The monoisotopic (exact) mass is 472 g/mol. The lowest BCUT2D eigenvalue weighted by Gasteiger charge is -2.36. The number of hydrogen-bond acceptors (Lipinski definition) is 6. The van der Waals surface area contributed by atoms with Crippen LogP contribution in [0.1, 0.15) is 21.6 Å². The molecular formula is C23H23F3N6O2. The van der Waals surface area contributed by atoms with Gasteiger partial charge in [0, 0.05) is 62.9 Å². The molecule has 3 heterocycles. The van der Waals surface area contributed by atoms with Crippen LogP contribution in [0.3, 0.4) is 0 Å². The molecule has 34 heavy (non-hydrogen) atoms. The first-order valence-corrected chi connectivity index (χ1v) is 10.8. The molecule has 1 amide bonds. The van der Waals surface area contributed by atoms with Gasteiger partial charge in [-0.2, -0.15) is 13.2 Å². The number of benzene rings is 1. The van der Waals surface area contributed by atoms with Crippen LogP contribution in [-0.4, -0.2) is 53.6 Å². The minimum atomic E-state index is -4.40. The molecule has 4 rings (SSSR count). The maximum Gasteiger partial charge on any atom is 0.416 e. The maximum absolute atomic E-state index is 13.0. The average Bonchev–Trinajstić information content (AvgIpc) is 2.84. The summed E-state index contributed by atoms with van der Waals surface area (Å²) in [7, 11) is 0. The number of alkyl halides is 3. The van der Waals surface area contributed by atoms with Gasteiger partial charge in [0.1, 0.15) is 5.56 Å². The van der Waals surface area contributed by atoms with Gasteiger partial charge in [-0.3, -0.25) is 19.6 Å². The van der Waals surface area contributed by atoms with Crippen molar-refractivity contribution in [2.45, 2.75) is 12.6 Å². The largest absolute Gasteiger partial charge is 0.416 e. The van der Waals surface area contributed by atoms with E-state index in [-0.39, 0.29) is 5.56 Å². The number of aromatic nitrogens is 3. The van der Waals surface area contributed by atoms with Crippen molar-refractivity contribution >= 4 is 17.5 Å². The third-order valence-corrected chi connectivity index (χ3v) is 5.54. The minimum absolute atomic E-state index is 0.0904. The Kier molecular flexibility index (Phi) is 6.80. The number of anilines is 2. The summed E-state index contributed by atoms with van der Waals surface area (Å²) in [6, 6.07) is 10.7. The van der Waals surface area contributed by atoms with E-state index in [1.165, 1.54) is 12.3 Å². The van der Waals surface area contributed by atoms with Crippen LogP contribution in [0.5, 0.6) is 0 Å². The number of piperazine rings is 1. The Morgan fingerprint density at radius 3 is 2.47 bits per heavy atom. The van der Waals surface area contributed by atoms with Gasteiger partial charge in [-0.1, -0.05) is 12.1 Å². The van der Waals surface area contributed by atoms with E-state index in [0.29, 0.717) is 50.8 Å². The number of rotatable bonds is 6. The fourth-order valence-corrected chi connectivity index (χ4v) is 3.71. The molecule has 1 aliphatic rings. The van der Waals surface area contributed by atoms with Gasteiger partial charge in [-0.25, -0.2) is 4.98 Å². The van der Waals surface area contributed by atoms with E-state index in [0.717, 1.165) is 17.8 Å². The van der Waals surface area contributed by atoms with Crippen molar-refractivity contribution in [2.75, 3.05) is 42.5 Å². The SMILES string of the molecule is O=C(NCCc1ccccn1)c1cnc(N2CCN(c3cccc(C(F)(F)F)c3)CC2)[nH]c1=O. The number of amides is 1. The third kappa shape index (κ3) is 5.53. The lowest BCUT2D eigenvalue weighted by atomic mass is 10.1. The Bertz CT molecular complexity index is 1190. The second kappa shape index (κ2) is 9.94. The van der Waals surface area contributed by atoms with Gasteiger partial charge in [-0.05, 0) is 30.3 Å². The van der Waals surface area contributed by atoms with Gasteiger partial charge >= 0.3 is 6.18 Å². The Hall–Kier alpha value is -3.89. The Balaban J connectivity index is 1.34. The highest BCUT2D eigenvalue weighted by Crippen LogP contribution is 2.32. The van der Waals surface area contributed by atoms with Crippen LogP contribution in [-0.2, 0) is 12.6 Å². The summed E-state index contributed by atoms with van der Waals surface area (Å²) >= 11 is 0. The molecule has 0 bridgehead atoms. The van der Waals surface area contributed by atoms with Crippen molar-refractivity contribution in [3.63, 3.8) is 0 Å². The lowest BCUT2D eigenvalue weighted by Crippen LogP contribution is -2.47. The summed E-state index contributed by atoms with van der Waals surface area (Å²) < 4.78 is 39.0. The molecule has 0 saturated carbocycles. The standard InChI is InChI=1S/C23H23F3N6O2/c24-23(25,26)16-4-3-6-18(14-16)31-10-12-32(13-11-31)22-29-15-19(21(34)30-22)20(33)28-9-7-17-5-1-2-8-27-17/h1-6,8,14-15H,7,9-13H2,(H,28,33)(H,29,30,34). The molecule has 3 aromatic rings. The number of aromatic amines is 1. The van der Waals surface area contributed by atoms with E-state index in [1.54, 1.807) is 18.3 Å². The number of H-pyrrole nitrogens is 1. The fourth-order valence-electron chi connectivity index (χ4n) is 3.71. The van der Waals surface area contributed by atoms with Crippen LogP contribution < -0.4 is 20.7 Å². The van der Waals surface area contributed by atoms with Gasteiger partial charge in [0.05, 0.1) is 5.56 Å². The zero-order valence-electron chi connectivity index (χ0n) is 18.2. The van der Waals surface area contributed by atoms with Crippen molar-refractivity contribution in [1.29, 1.82) is 0 Å². The van der Waals surface area contributed by atoms with Crippen molar-refractivity contribution in [2.24, 2.45) is 0 Å². The summed E-state index contributed by atoms with van der Waals surface area (Å²) in [6.07, 6.45) is -0.951. The predicted octanol–water partition coefficient (Wildman–Crippen LogP) is 2.48. The molecular weight excluding hydrogens is 449 g/mol. The highest BCUT2D eigenvalue weighted by Gasteiger charge is 2.31. The van der Waals surface area contributed by atoms with Crippen LogP contribution in [0, 0.1) is 0 Å². The predicted molar refractivity (Wildman–Crippen MR) is 121 cm³/mol. The van der Waals surface area contributed by atoms with E-state index in [4.69, 9.17) is 0 Å². The quantitative estimate of drug-likeness (QED) is 0.573. The zero-order chi connectivity index (χ0) is 24.1. The molecule has 11 heteroatoms. The van der Waals surface area contributed by atoms with Gasteiger partial charge in [0.25, 0.3) is 11.5 Å². The summed E-state index contributed by atoms with van der Waals surface area (Å²) in [6.45, 7) is 2.15. The second-order valence-electron chi connectivity index (χ2n) is 7.80. The van der Waals surface area contributed by atoms with Crippen molar-refractivity contribution in [3.8, 4) is 0 Å². The highest BCUT2D eigenvalue weighted by atomic mass is 19.4. The first kappa shape index (κ1) is 23.3. The smallest absolute Gasteiger partial charge is 0.368 e. The van der Waals surface area contributed by atoms with E-state index < -0.39 is 23.2 Å². The maximum atomic E-state index is 13.0. The summed E-state index contributed by atoms with van der Waals surface area (Å²) in [5, 5.41) is 2.69. The molecule has 0 radical (unpaired) electrons.